The molecule has 3 aromatic rings. The summed E-state index contributed by atoms with van der Waals surface area (Å²) in [6.07, 6.45) is 2.72. The van der Waals surface area contributed by atoms with Gasteiger partial charge in [0, 0.05) is 29.6 Å². The number of anilines is 3. The lowest BCUT2D eigenvalue weighted by atomic mass is 10.1. The van der Waals surface area contributed by atoms with Crippen molar-refractivity contribution in [3.63, 3.8) is 0 Å². The van der Waals surface area contributed by atoms with Gasteiger partial charge < -0.3 is 10.6 Å². The Kier molecular flexibility index (Phi) is 5.36. The third-order valence-corrected chi connectivity index (χ3v) is 3.73. The van der Waals surface area contributed by atoms with Crippen molar-refractivity contribution in [1.82, 2.24) is 9.97 Å². The summed E-state index contributed by atoms with van der Waals surface area (Å²) in [5.41, 5.74) is 3.75. The minimum absolute atomic E-state index is 0.0102. The van der Waals surface area contributed by atoms with Gasteiger partial charge in [0.25, 0.3) is 0 Å². The Morgan fingerprint density at radius 1 is 0.960 bits per heavy atom. The summed E-state index contributed by atoms with van der Waals surface area (Å²) < 4.78 is 0. The van der Waals surface area contributed by atoms with Crippen LogP contribution in [0.15, 0.2) is 67.0 Å². The van der Waals surface area contributed by atoms with Gasteiger partial charge in [-0.15, -0.1) is 0 Å². The molecule has 0 aliphatic carbocycles. The van der Waals surface area contributed by atoms with E-state index in [-0.39, 0.29) is 5.91 Å². The SMILES string of the molecule is Cc1cc(Nc2ccc(NC(=O)CCc3ccccc3)cc2)ncn1. The van der Waals surface area contributed by atoms with E-state index in [2.05, 4.69) is 20.6 Å². The molecule has 0 saturated heterocycles. The number of amides is 1. The maximum absolute atomic E-state index is 12.1. The molecule has 2 N–H and O–H groups in total. The lowest BCUT2D eigenvalue weighted by molar-refractivity contribution is -0.116. The molecule has 25 heavy (non-hydrogen) atoms. The fraction of sp³-hybridized carbons (Fsp3) is 0.150. The normalized spacial score (nSPS) is 10.3. The van der Waals surface area contributed by atoms with Gasteiger partial charge in [0.2, 0.25) is 5.91 Å². The standard InChI is InChI=1S/C20H20N4O/c1-15-13-19(22-14-21-15)23-17-8-10-18(11-9-17)24-20(25)12-7-16-5-3-2-4-6-16/h2-6,8-11,13-14H,7,12H2,1H3,(H,24,25)(H,21,22,23). The number of hydrogen-bond acceptors (Lipinski definition) is 4. The summed E-state index contributed by atoms with van der Waals surface area (Å²) in [5, 5.41) is 6.13. The molecule has 1 amide bonds. The Hall–Kier alpha value is -3.21. The molecular weight excluding hydrogens is 312 g/mol. The summed E-state index contributed by atoms with van der Waals surface area (Å²) in [6.45, 7) is 1.92. The molecule has 0 saturated carbocycles. The van der Waals surface area contributed by atoms with Crippen molar-refractivity contribution in [1.29, 1.82) is 0 Å². The number of benzene rings is 2. The zero-order chi connectivity index (χ0) is 17.5. The molecule has 3 rings (SSSR count). The molecular formula is C20H20N4O. The van der Waals surface area contributed by atoms with E-state index >= 15 is 0 Å². The molecule has 0 aliphatic heterocycles. The van der Waals surface area contributed by atoms with Gasteiger partial charge >= 0.3 is 0 Å². The molecule has 0 fully saturated rings. The van der Waals surface area contributed by atoms with E-state index in [1.165, 1.54) is 6.33 Å². The van der Waals surface area contributed by atoms with Crippen LogP contribution in [-0.2, 0) is 11.2 Å². The first-order chi connectivity index (χ1) is 12.2. The lowest BCUT2D eigenvalue weighted by Gasteiger charge is -2.08. The van der Waals surface area contributed by atoms with E-state index in [0.29, 0.717) is 6.42 Å². The number of aromatic nitrogens is 2. The summed E-state index contributed by atoms with van der Waals surface area (Å²) in [5.74, 6) is 0.753. The number of nitrogens with zero attached hydrogens (tertiary/aromatic N) is 2. The minimum atomic E-state index is 0.0102. The van der Waals surface area contributed by atoms with Crippen molar-refractivity contribution >= 4 is 23.1 Å². The fourth-order valence-corrected chi connectivity index (χ4v) is 2.43. The highest BCUT2D eigenvalue weighted by Gasteiger charge is 2.04. The van der Waals surface area contributed by atoms with E-state index in [1.54, 1.807) is 0 Å². The van der Waals surface area contributed by atoms with Crippen LogP contribution in [0.4, 0.5) is 17.2 Å². The van der Waals surface area contributed by atoms with Gasteiger partial charge in [0.15, 0.2) is 0 Å². The molecule has 5 nitrogen and oxygen atoms in total. The number of hydrogen-bond donors (Lipinski definition) is 2. The van der Waals surface area contributed by atoms with Crippen LogP contribution in [0, 0.1) is 6.92 Å². The molecule has 1 aromatic heterocycles. The Balaban J connectivity index is 1.52. The molecule has 0 radical (unpaired) electrons. The van der Waals surface area contributed by atoms with Gasteiger partial charge in [-0.05, 0) is 43.2 Å². The van der Waals surface area contributed by atoms with Gasteiger partial charge in [0.05, 0.1) is 0 Å². The highest BCUT2D eigenvalue weighted by molar-refractivity contribution is 5.91. The van der Waals surface area contributed by atoms with Gasteiger partial charge in [-0.1, -0.05) is 30.3 Å². The van der Waals surface area contributed by atoms with Crippen molar-refractivity contribution in [2.45, 2.75) is 19.8 Å². The third-order valence-electron chi connectivity index (χ3n) is 3.73. The van der Waals surface area contributed by atoms with Crippen molar-refractivity contribution in [2.75, 3.05) is 10.6 Å². The monoisotopic (exact) mass is 332 g/mol. The second-order valence-electron chi connectivity index (χ2n) is 5.78. The summed E-state index contributed by atoms with van der Waals surface area (Å²) >= 11 is 0. The van der Waals surface area contributed by atoms with E-state index in [0.717, 1.165) is 34.9 Å². The smallest absolute Gasteiger partial charge is 0.224 e. The van der Waals surface area contributed by atoms with Crippen LogP contribution in [0.1, 0.15) is 17.7 Å². The van der Waals surface area contributed by atoms with Crippen molar-refractivity contribution in [2.24, 2.45) is 0 Å². The number of carbonyl (C=O) groups is 1. The zero-order valence-electron chi connectivity index (χ0n) is 14.1. The van der Waals surface area contributed by atoms with Gasteiger partial charge in [0.1, 0.15) is 12.1 Å². The second kappa shape index (κ2) is 8.06. The Bertz CT molecular complexity index is 832. The average Bonchev–Trinajstić information content (AvgIpc) is 2.63. The third kappa shape index (κ3) is 5.14. The molecule has 126 valence electrons. The van der Waals surface area contributed by atoms with Crippen LogP contribution >= 0.6 is 0 Å². The van der Waals surface area contributed by atoms with Crippen LogP contribution in [0.3, 0.4) is 0 Å². The highest BCUT2D eigenvalue weighted by Crippen LogP contribution is 2.18. The number of rotatable bonds is 6. The van der Waals surface area contributed by atoms with Crippen molar-refractivity contribution < 1.29 is 4.79 Å². The average molecular weight is 332 g/mol. The van der Waals surface area contributed by atoms with Crippen LogP contribution in [-0.4, -0.2) is 15.9 Å². The predicted octanol–water partition coefficient (Wildman–Crippen LogP) is 4.10. The number of carbonyl (C=O) groups excluding carboxylic acids is 1. The van der Waals surface area contributed by atoms with E-state index in [1.807, 2.05) is 67.6 Å². The molecule has 0 spiro atoms. The first-order valence-corrected chi connectivity index (χ1v) is 8.18. The zero-order valence-corrected chi connectivity index (χ0v) is 14.1. The lowest BCUT2D eigenvalue weighted by Crippen LogP contribution is -2.12. The van der Waals surface area contributed by atoms with Crippen molar-refractivity contribution in [3.05, 3.63) is 78.2 Å². The predicted molar refractivity (Wildman–Crippen MR) is 99.9 cm³/mol. The molecule has 0 aliphatic rings. The van der Waals surface area contributed by atoms with Crippen LogP contribution in [0.5, 0.6) is 0 Å². The number of nitrogens with one attached hydrogen (secondary N) is 2. The van der Waals surface area contributed by atoms with E-state index in [4.69, 9.17) is 0 Å². The molecule has 0 bridgehead atoms. The van der Waals surface area contributed by atoms with Crippen LogP contribution in [0.2, 0.25) is 0 Å². The van der Waals surface area contributed by atoms with Crippen LogP contribution in [0.25, 0.3) is 0 Å². The summed E-state index contributed by atoms with van der Waals surface area (Å²) in [4.78, 5) is 20.3. The van der Waals surface area contributed by atoms with E-state index in [9.17, 15) is 4.79 Å². The quantitative estimate of drug-likeness (QED) is 0.713. The van der Waals surface area contributed by atoms with Gasteiger partial charge in [-0.25, -0.2) is 9.97 Å². The molecule has 0 unspecified atom stereocenters. The highest BCUT2D eigenvalue weighted by atomic mass is 16.1. The van der Waals surface area contributed by atoms with E-state index < -0.39 is 0 Å². The first kappa shape index (κ1) is 16.6. The molecule has 0 atom stereocenters. The summed E-state index contributed by atoms with van der Waals surface area (Å²) in [7, 11) is 0. The van der Waals surface area contributed by atoms with Gasteiger partial charge in [-0.2, -0.15) is 0 Å². The molecule has 1 heterocycles. The Labute approximate surface area is 147 Å². The molecule has 2 aromatic carbocycles. The fourth-order valence-electron chi connectivity index (χ4n) is 2.43. The Morgan fingerprint density at radius 3 is 2.40 bits per heavy atom. The maximum atomic E-state index is 12.1. The minimum Gasteiger partial charge on any atom is -0.340 e. The molecule has 5 heteroatoms. The first-order valence-electron chi connectivity index (χ1n) is 8.18. The largest absolute Gasteiger partial charge is 0.340 e. The maximum Gasteiger partial charge on any atom is 0.224 e. The topological polar surface area (TPSA) is 66.9 Å². The number of aryl methyl sites for hydroxylation is 2. The van der Waals surface area contributed by atoms with Gasteiger partial charge in [-0.3, -0.25) is 4.79 Å². The van der Waals surface area contributed by atoms with Crippen LogP contribution < -0.4 is 10.6 Å². The Morgan fingerprint density at radius 2 is 1.68 bits per heavy atom. The van der Waals surface area contributed by atoms with Crippen molar-refractivity contribution in [3.8, 4) is 0 Å². The second-order valence-corrected chi connectivity index (χ2v) is 5.78. The summed E-state index contributed by atoms with van der Waals surface area (Å²) in [6, 6.07) is 19.4.